The molecule has 0 aliphatic rings. The van der Waals surface area contributed by atoms with Gasteiger partial charge in [0.1, 0.15) is 0 Å². The van der Waals surface area contributed by atoms with Crippen molar-refractivity contribution in [2.75, 3.05) is 26.0 Å². The van der Waals surface area contributed by atoms with Gasteiger partial charge < -0.3 is 15.5 Å². The fourth-order valence-electron chi connectivity index (χ4n) is 1.98. The molecule has 1 amide bonds. The fourth-order valence-corrected chi connectivity index (χ4v) is 1.98. The van der Waals surface area contributed by atoms with E-state index in [1.807, 2.05) is 36.2 Å². The van der Waals surface area contributed by atoms with E-state index < -0.39 is 0 Å². The first kappa shape index (κ1) is 14.9. The number of aromatic nitrogens is 2. The SMILES string of the molecule is CN(C)C(=O)c1ccc(N(C)c2ccccc2CN)nn1. The molecule has 1 heterocycles. The summed E-state index contributed by atoms with van der Waals surface area (Å²) in [7, 11) is 5.26. The Kier molecular flexibility index (Phi) is 4.49. The maximum atomic E-state index is 11.8. The highest BCUT2D eigenvalue weighted by Gasteiger charge is 2.13. The van der Waals surface area contributed by atoms with Gasteiger partial charge in [0.05, 0.1) is 0 Å². The molecule has 2 N–H and O–H groups in total. The molecule has 0 aliphatic heterocycles. The van der Waals surface area contributed by atoms with Crippen molar-refractivity contribution in [2.45, 2.75) is 6.54 Å². The number of carbonyl (C=O) groups is 1. The Morgan fingerprint density at radius 3 is 2.38 bits per heavy atom. The molecule has 0 unspecified atom stereocenters. The van der Waals surface area contributed by atoms with Crippen molar-refractivity contribution in [3.8, 4) is 0 Å². The van der Waals surface area contributed by atoms with Crippen LogP contribution in [0, 0.1) is 0 Å². The second-order valence-corrected chi connectivity index (χ2v) is 4.87. The van der Waals surface area contributed by atoms with E-state index in [0.29, 0.717) is 18.1 Å². The minimum atomic E-state index is -0.168. The van der Waals surface area contributed by atoms with Crippen LogP contribution >= 0.6 is 0 Å². The van der Waals surface area contributed by atoms with Crippen LogP contribution in [0.3, 0.4) is 0 Å². The lowest BCUT2D eigenvalue weighted by molar-refractivity contribution is 0.0821. The summed E-state index contributed by atoms with van der Waals surface area (Å²) < 4.78 is 0. The Morgan fingerprint density at radius 2 is 1.81 bits per heavy atom. The van der Waals surface area contributed by atoms with Gasteiger partial charge in [0.2, 0.25) is 0 Å². The number of nitrogens with two attached hydrogens (primary N) is 1. The van der Waals surface area contributed by atoms with Crippen LogP contribution < -0.4 is 10.6 Å². The summed E-state index contributed by atoms with van der Waals surface area (Å²) in [6.07, 6.45) is 0. The van der Waals surface area contributed by atoms with E-state index in [2.05, 4.69) is 10.2 Å². The fraction of sp³-hybridized carbons (Fsp3) is 0.267. The Bertz CT molecular complexity index is 624. The van der Waals surface area contributed by atoms with Gasteiger partial charge in [-0.1, -0.05) is 18.2 Å². The Hall–Kier alpha value is -2.47. The van der Waals surface area contributed by atoms with Gasteiger partial charge in [-0.2, -0.15) is 0 Å². The van der Waals surface area contributed by atoms with Crippen molar-refractivity contribution in [3.05, 3.63) is 47.7 Å². The average molecular weight is 285 g/mol. The maximum absolute atomic E-state index is 11.8. The molecular formula is C15H19N5O. The van der Waals surface area contributed by atoms with Crippen LogP contribution in [0.5, 0.6) is 0 Å². The van der Waals surface area contributed by atoms with Crippen LogP contribution in [0.2, 0.25) is 0 Å². The summed E-state index contributed by atoms with van der Waals surface area (Å²) in [4.78, 5) is 15.2. The molecule has 0 bridgehead atoms. The molecule has 1 aromatic carbocycles. The van der Waals surface area contributed by atoms with Crippen molar-refractivity contribution in [2.24, 2.45) is 5.73 Å². The number of hydrogen-bond acceptors (Lipinski definition) is 5. The van der Waals surface area contributed by atoms with Crippen molar-refractivity contribution >= 4 is 17.4 Å². The van der Waals surface area contributed by atoms with E-state index in [0.717, 1.165) is 11.3 Å². The normalized spacial score (nSPS) is 10.3. The smallest absolute Gasteiger partial charge is 0.273 e. The predicted octanol–water partition coefficient (Wildman–Crippen LogP) is 1.40. The second-order valence-electron chi connectivity index (χ2n) is 4.87. The molecule has 2 rings (SSSR count). The Balaban J connectivity index is 2.28. The molecule has 6 nitrogen and oxygen atoms in total. The van der Waals surface area contributed by atoms with Gasteiger partial charge in [-0.3, -0.25) is 4.79 Å². The lowest BCUT2D eigenvalue weighted by Crippen LogP contribution is -2.23. The van der Waals surface area contributed by atoms with Gasteiger partial charge in [0, 0.05) is 33.4 Å². The van der Waals surface area contributed by atoms with Gasteiger partial charge in [0.15, 0.2) is 11.5 Å². The Morgan fingerprint density at radius 1 is 1.10 bits per heavy atom. The third kappa shape index (κ3) is 3.17. The summed E-state index contributed by atoms with van der Waals surface area (Å²) in [5, 5.41) is 8.11. The number of anilines is 2. The van der Waals surface area contributed by atoms with Gasteiger partial charge >= 0.3 is 0 Å². The number of nitrogens with zero attached hydrogens (tertiary/aromatic N) is 4. The van der Waals surface area contributed by atoms with E-state index in [1.54, 1.807) is 26.2 Å². The molecule has 0 spiro atoms. The average Bonchev–Trinajstić information content (AvgIpc) is 2.53. The quantitative estimate of drug-likeness (QED) is 0.919. The second kappa shape index (κ2) is 6.32. The third-order valence-electron chi connectivity index (χ3n) is 3.19. The Labute approximate surface area is 124 Å². The highest BCUT2D eigenvalue weighted by Crippen LogP contribution is 2.24. The number of benzene rings is 1. The molecule has 0 saturated heterocycles. The van der Waals surface area contributed by atoms with Gasteiger partial charge in [0.25, 0.3) is 5.91 Å². The zero-order chi connectivity index (χ0) is 15.4. The maximum Gasteiger partial charge on any atom is 0.273 e. The molecule has 2 aromatic rings. The molecule has 0 fully saturated rings. The summed E-state index contributed by atoms with van der Waals surface area (Å²) in [5.74, 6) is 0.491. The minimum Gasteiger partial charge on any atom is -0.343 e. The standard InChI is InChI=1S/C15H19N5O/c1-19(2)15(21)12-8-9-14(18-17-12)20(3)13-7-5-4-6-11(13)10-16/h4-9H,10,16H2,1-3H3. The molecule has 21 heavy (non-hydrogen) atoms. The zero-order valence-electron chi connectivity index (χ0n) is 12.4. The lowest BCUT2D eigenvalue weighted by atomic mass is 10.1. The van der Waals surface area contributed by atoms with E-state index in [-0.39, 0.29) is 5.91 Å². The third-order valence-corrected chi connectivity index (χ3v) is 3.19. The number of amides is 1. The molecule has 110 valence electrons. The van der Waals surface area contributed by atoms with Gasteiger partial charge in [-0.05, 0) is 23.8 Å². The van der Waals surface area contributed by atoms with Crippen LogP contribution in [-0.4, -0.2) is 42.1 Å². The lowest BCUT2D eigenvalue weighted by Gasteiger charge is -2.20. The summed E-state index contributed by atoms with van der Waals surface area (Å²) in [6.45, 7) is 0.450. The monoisotopic (exact) mass is 285 g/mol. The molecule has 0 aliphatic carbocycles. The molecule has 6 heteroatoms. The zero-order valence-corrected chi connectivity index (χ0v) is 12.4. The van der Waals surface area contributed by atoms with Crippen LogP contribution in [0.15, 0.2) is 36.4 Å². The van der Waals surface area contributed by atoms with E-state index in [1.165, 1.54) is 4.90 Å². The summed E-state index contributed by atoms with van der Waals surface area (Å²) in [6, 6.07) is 11.3. The first-order valence-corrected chi connectivity index (χ1v) is 6.61. The number of rotatable bonds is 4. The number of para-hydroxylation sites is 1. The van der Waals surface area contributed by atoms with E-state index in [9.17, 15) is 4.79 Å². The molecule has 1 aromatic heterocycles. The molecular weight excluding hydrogens is 266 g/mol. The van der Waals surface area contributed by atoms with Gasteiger partial charge in [-0.15, -0.1) is 10.2 Å². The van der Waals surface area contributed by atoms with E-state index in [4.69, 9.17) is 5.73 Å². The van der Waals surface area contributed by atoms with Crippen LogP contribution in [-0.2, 0) is 6.54 Å². The molecule has 0 saturated carbocycles. The van der Waals surface area contributed by atoms with Crippen molar-refractivity contribution < 1.29 is 4.79 Å². The van der Waals surface area contributed by atoms with Crippen molar-refractivity contribution in [1.82, 2.24) is 15.1 Å². The highest BCUT2D eigenvalue weighted by atomic mass is 16.2. The largest absolute Gasteiger partial charge is 0.343 e. The topological polar surface area (TPSA) is 75.4 Å². The van der Waals surface area contributed by atoms with Crippen molar-refractivity contribution in [1.29, 1.82) is 0 Å². The highest BCUT2D eigenvalue weighted by molar-refractivity contribution is 5.91. The number of hydrogen-bond donors (Lipinski definition) is 1. The number of carbonyl (C=O) groups excluding carboxylic acids is 1. The predicted molar refractivity (Wildman–Crippen MR) is 82.4 cm³/mol. The first-order chi connectivity index (χ1) is 10.0. The molecule has 0 atom stereocenters. The molecule has 0 radical (unpaired) electrons. The summed E-state index contributed by atoms with van der Waals surface area (Å²) in [5.41, 5.74) is 8.07. The first-order valence-electron chi connectivity index (χ1n) is 6.61. The van der Waals surface area contributed by atoms with Crippen LogP contribution in [0.25, 0.3) is 0 Å². The van der Waals surface area contributed by atoms with Crippen molar-refractivity contribution in [3.63, 3.8) is 0 Å². The van der Waals surface area contributed by atoms with Crippen LogP contribution in [0.1, 0.15) is 16.1 Å². The minimum absolute atomic E-state index is 0.168. The van der Waals surface area contributed by atoms with Gasteiger partial charge in [-0.25, -0.2) is 0 Å². The summed E-state index contributed by atoms with van der Waals surface area (Å²) >= 11 is 0. The van der Waals surface area contributed by atoms with Crippen LogP contribution in [0.4, 0.5) is 11.5 Å². The van der Waals surface area contributed by atoms with E-state index >= 15 is 0 Å².